The van der Waals surface area contributed by atoms with E-state index in [1.165, 1.54) is 10.5 Å². The molecule has 12 heavy (non-hydrogen) atoms. The molecule has 0 unspecified atom stereocenters. The van der Waals surface area contributed by atoms with Crippen LogP contribution in [0.2, 0.25) is 0 Å². The lowest BCUT2D eigenvalue weighted by Gasteiger charge is -2.06. The average Bonchev–Trinajstić information content (AvgIpc) is 2.16. The zero-order valence-electron chi connectivity index (χ0n) is 7.13. The van der Waals surface area contributed by atoms with Gasteiger partial charge in [0.1, 0.15) is 5.75 Å². The molecular weight excluding hydrogens is 283 g/mol. The maximum atomic E-state index is 5.26. The third kappa shape index (κ3) is 2.29. The van der Waals surface area contributed by atoms with Crippen LogP contribution >= 0.6 is 34.4 Å². The van der Waals surface area contributed by atoms with E-state index in [0.717, 1.165) is 10.2 Å². The number of hydrogen-bond acceptors (Lipinski definition) is 2. The Kier molecular flexibility index (Phi) is 4.21. The Morgan fingerprint density at radius 1 is 1.50 bits per heavy atom. The largest absolute Gasteiger partial charge is 0.496 e. The van der Waals surface area contributed by atoms with Gasteiger partial charge in [0, 0.05) is 14.9 Å². The molecule has 1 rings (SSSR count). The van der Waals surface area contributed by atoms with Gasteiger partial charge < -0.3 is 4.74 Å². The van der Waals surface area contributed by atoms with Gasteiger partial charge in [0.25, 0.3) is 0 Å². The van der Waals surface area contributed by atoms with E-state index in [9.17, 15) is 0 Å². The molecule has 1 aromatic carbocycles. The van der Waals surface area contributed by atoms with Crippen molar-refractivity contribution in [3.8, 4) is 5.75 Å². The number of thioether (sulfide) groups is 1. The van der Waals surface area contributed by atoms with E-state index in [1.807, 2.05) is 0 Å². The topological polar surface area (TPSA) is 9.23 Å². The summed E-state index contributed by atoms with van der Waals surface area (Å²) in [6, 6.07) is 6.33. The molecule has 0 bridgehead atoms. The van der Waals surface area contributed by atoms with Gasteiger partial charge in [-0.25, -0.2) is 0 Å². The van der Waals surface area contributed by atoms with Gasteiger partial charge in [-0.05, 0) is 18.4 Å². The molecule has 66 valence electrons. The van der Waals surface area contributed by atoms with Crippen LogP contribution in [0.25, 0.3) is 0 Å². The molecule has 0 aliphatic carbocycles. The highest BCUT2D eigenvalue weighted by atomic mass is 127. The van der Waals surface area contributed by atoms with Crippen LogP contribution in [-0.4, -0.2) is 13.4 Å². The molecule has 0 saturated heterocycles. The van der Waals surface area contributed by atoms with Gasteiger partial charge in [-0.3, -0.25) is 0 Å². The quantitative estimate of drug-likeness (QED) is 0.480. The zero-order chi connectivity index (χ0) is 8.97. The second kappa shape index (κ2) is 4.97. The van der Waals surface area contributed by atoms with Crippen LogP contribution < -0.4 is 4.74 Å². The molecule has 0 radical (unpaired) electrons. The Morgan fingerprint density at radius 3 is 2.75 bits per heavy atom. The van der Waals surface area contributed by atoms with Gasteiger partial charge in [0.2, 0.25) is 0 Å². The minimum Gasteiger partial charge on any atom is -0.496 e. The Morgan fingerprint density at radius 2 is 2.25 bits per heavy atom. The molecule has 0 N–H and O–H groups in total. The van der Waals surface area contributed by atoms with Crippen molar-refractivity contribution in [2.24, 2.45) is 0 Å². The normalized spacial score (nSPS) is 9.92. The molecular formula is C9H11IOS. The summed E-state index contributed by atoms with van der Waals surface area (Å²) in [5.74, 6) is 0.997. The first-order chi connectivity index (χ1) is 5.81. The third-order valence-electron chi connectivity index (χ3n) is 1.64. The average molecular weight is 294 g/mol. The van der Waals surface area contributed by atoms with Gasteiger partial charge in [0.05, 0.1) is 7.11 Å². The number of halogens is 1. The molecule has 0 amide bonds. The molecule has 0 atom stereocenters. The van der Waals surface area contributed by atoms with E-state index in [-0.39, 0.29) is 0 Å². The smallest absolute Gasteiger partial charge is 0.123 e. The predicted molar refractivity (Wildman–Crippen MR) is 62.5 cm³/mol. The van der Waals surface area contributed by atoms with E-state index >= 15 is 0 Å². The molecule has 1 nitrogen and oxygen atoms in total. The van der Waals surface area contributed by atoms with Crippen LogP contribution in [0, 0.1) is 0 Å². The summed E-state index contributed by atoms with van der Waals surface area (Å²) in [7, 11) is 1.72. The summed E-state index contributed by atoms with van der Waals surface area (Å²) in [6.45, 7) is 0. The SMILES string of the molecule is COc1cc(SC)ccc1CI. The first-order valence-electron chi connectivity index (χ1n) is 3.58. The van der Waals surface area contributed by atoms with Crippen molar-refractivity contribution in [3.63, 3.8) is 0 Å². The Balaban J connectivity index is 3.02. The van der Waals surface area contributed by atoms with E-state index < -0.39 is 0 Å². The summed E-state index contributed by atoms with van der Waals surface area (Å²) < 4.78 is 6.26. The van der Waals surface area contributed by atoms with Crippen LogP contribution in [0.15, 0.2) is 23.1 Å². The fourth-order valence-corrected chi connectivity index (χ4v) is 2.02. The summed E-state index contributed by atoms with van der Waals surface area (Å²) >= 11 is 4.07. The molecule has 0 fully saturated rings. The molecule has 0 heterocycles. The maximum absolute atomic E-state index is 5.26. The predicted octanol–water partition coefficient (Wildman–Crippen LogP) is 3.35. The number of hydrogen-bond donors (Lipinski definition) is 0. The number of methoxy groups -OCH3 is 1. The summed E-state index contributed by atoms with van der Waals surface area (Å²) in [6.07, 6.45) is 2.07. The molecule has 0 saturated carbocycles. The number of benzene rings is 1. The minimum atomic E-state index is 0.996. The lowest BCUT2D eigenvalue weighted by molar-refractivity contribution is 0.410. The highest BCUT2D eigenvalue weighted by Crippen LogP contribution is 2.26. The Labute approximate surface area is 91.0 Å². The second-order valence-corrected chi connectivity index (χ2v) is 3.95. The second-order valence-electron chi connectivity index (χ2n) is 2.31. The van der Waals surface area contributed by atoms with Crippen molar-refractivity contribution in [2.75, 3.05) is 13.4 Å². The highest BCUT2D eigenvalue weighted by Gasteiger charge is 2.01. The summed E-state index contributed by atoms with van der Waals surface area (Å²) in [5.41, 5.74) is 1.26. The van der Waals surface area contributed by atoms with Crippen LogP contribution in [0.1, 0.15) is 5.56 Å². The molecule has 3 heteroatoms. The van der Waals surface area contributed by atoms with E-state index in [4.69, 9.17) is 4.74 Å². The van der Waals surface area contributed by atoms with Gasteiger partial charge in [-0.15, -0.1) is 11.8 Å². The Bertz CT molecular complexity index is 263. The van der Waals surface area contributed by atoms with E-state index in [2.05, 4.69) is 47.0 Å². The van der Waals surface area contributed by atoms with Crippen molar-refractivity contribution >= 4 is 34.4 Å². The summed E-state index contributed by atoms with van der Waals surface area (Å²) in [5, 5.41) is 0. The van der Waals surface area contributed by atoms with Crippen LogP contribution in [0.3, 0.4) is 0 Å². The summed E-state index contributed by atoms with van der Waals surface area (Å²) in [4.78, 5) is 1.25. The maximum Gasteiger partial charge on any atom is 0.123 e. The Hall–Kier alpha value is 0.1000. The standard InChI is InChI=1S/C9H11IOS/c1-11-9-5-8(12-2)4-3-7(9)6-10/h3-5H,6H2,1-2H3. The van der Waals surface area contributed by atoms with Gasteiger partial charge in [0.15, 0.2) is 0 Å². The van der Waals surface area contributed by atoms with Crippen molar-refractivity contribution in [2.45, 2.75) is 9.32 Å². The molecule has 0 spiro atoms. The molecule has 0 aromatic heterocycles. The first-order valence-corrected chi connectivity index (χ1v) is 6.33. The monoisotopic (exact) mass is 294 g/mol. The molecule has 0 aliphatic rings. The van der Waals surface area contributed by atoms with Crippen molar-refractivity contribution in [3.05, 3.63) is 23.8 Å². The molecule has 0 aliphatic heterocycles. The fraction of sp³-hybridized carbons (Fsp3) is 0.333. The first kappa shape index (κ1) is 10.2. The third-order valence-corrected chi connectivity index (χ3v) is 3.19. The van der Waals surface area contributed by atoms with Crippen LogP contribution in [0.4, 0.5) is 0 Å². The van der Waals surface area contributed by atoms with Crippen LogP contribution in [0.5, 0.6) is 5.75 Å². The van der Waals surface area contributed by atoms with Gasteiger partial charge in [-0.2, -0.15) is 0 Å². The fourth-order valence-electron chi connectivity index (χ4n) is 0.962. The van der Waals surface area contributed by atoms with Crippen molar-refractivity contribution in [1.82, 2.24) is 0 Å². The number of rotatable bonds is 3. The highest BCUT2D eigenvalue weighted by molar-refractivity contribution is 14.1. The zero-order valence-corrected chi connectivity index (χ0v) is 10.1. The number of alkyl halides is 1. The lowest BCUT2D eigenvalue weighted by atomic mass is 10.2. The number of ether oxygens (including phenoxy) is 1. The van der Waals surface area contributed by atoms with Crippen LogP contribution in [-0.2, 0) is 4.43 Å². The minimum absolute atomic E-state index is 0.996. The molecule has 1 aromatic rings. The van der Waals surface area contributed by atoms with Gasteiger partial charge in [-0.1, -0.05) is 28.7 Å². The van der Waals surface area contributed by atoms with Gasteiger partial charge >= 0.3 is 0 Å². The lowest BCUT2D eigenvalue weighted by Crippen LogP contribution is -1.88. The van der Waals surface area contributed by atoms with Crippen molar-refractivity contribution in [1.29, 1.82) is 0 Å². The van der Waals surface area contributed by atoms with Crippen molar-refractivity contribution < 1.29 is 4.74 Å². The van der Waals surface area contributed by atoms with E-state index in [0.29, 0.717) is 0 Å². The van der Waals surface area contributed by atoms with E-state index in [1.54, 1.807) is 18.9 Å².